The number of carbonyl (C=O) groups excluding carboxylic acids is 1. The summed E-state index contributed by atoms with van der Waals surface area (Å²) in [7, 11) is 0. The summed E-state index contributed by atoms with van der Waals surface area (Å²) in [4.78, 5) is 15.7. The van der Waals surface area contributed by atoms with E-state index in [1.807, 2.05) is 0 Å². The number of carbonyl (C=O) groups is 1. The zero-order valence-corrected chi connectivity index (χ0v) is 11.3. The standard InChI is InChI=1S/C11H18N4O7/c12-7-2-3(17)10(21,1-16)6-4(18)11(2,15-9(13)14-7)5(19)8(20)22-6/h2-7,16-19,21H,1,12H2,(H3,13,14,15)/t2-,3+,4+,5-,6-,7+,10-,11?/m1/s1. The lowest BCUT2D eigenvalue weighted by Gasteiger charge is -2.62. The number of ether oxygens (including phenoxy) is 1. The van der Waals surface area contributed by atoms with E-state index in [0.717, 1.165) is 0 Å². The molecule has 0 radical (unpaired) electrons. The largest absolute Gasteiger partial charge is 0.454 e. The Kier molecular flexibility index (Phi) is 3.15. The van der Waals surface area contributed by atoms with Gasteiger partial charge in [-0.1, -0.05) is 0 Å². The summed E-state index contributed by atoms with van der Waals surface area (Å²) in [6, 6.07) is 0. The monoisotopic (exact) mass is 318 g/mol. The van der Waals surface area contributed by atoms with Crippen LogP contribution in [0.4, 0.5) is 0 Å². The summed E-state index contributed by atoms with van der Waals surface area (Å²) in [6.45, 7) is -1.00. The van der Waals surface area contributed by atoms with Crippen molar-refractivity contribution in [2.75, 3.05) is 6.61 Å². The Balaban J connectivity index is 2.22. The van der Waals surface area contributed by atoms with Gasteiger partial charge in [-0.15, -0.1) is 0 Å². The number of aliphatic imine (C=N–C) groups is 1. The third-order valence-corrected chi connectivity index (χ3v) is 4.85. The van der Waals surface area contributed by atoms with Gasteiger partial charge in [-0.3, -0.25) is 0 Å². The van der Waals surface area contributed by atoms with E-state index >= 15 is 0 Å². The molecule has 11 heteroatoms. The van der Waals surface area contributed by atoms with E-state index in [1.54, 1.807) is 0 Å². The third kappa shape index (κ3) is 1.55. The second-order valence-corrected chi connectivity index (χ2v) is 5.89. The lowest BCUT2D eigenvalue weighted by Crippen LogP contribution is -2.89. The highest BCUT2D eigenvalue weighted by Crippen LogP contribution is 2.48. The van der Waals surface area contributed by atoms with Crippen LogP contribution in [0, 0.1) is 5.92 Å². The van der Waals surface area contributed by atoms with E-state index in [1.165, 1.54) is 0 Å². The van der Waals surface area contributed by atoms with Crippen molar-refractivity contribution in [2.24, 2.45) is 22.4 Å². The summed E-state index contributed by atoms with van der Waals surface area (Å²) < 4.78 is 4.80. The van der Waals surface area contributed by atoms with E-state index in [4.69, 9.17) is 16.2 Å². The van der Waals surface area contributed by atoms with Crippen LogP contribution in [0.1, 0.15) is 0 Å². The summed E-state index contributed by atoms with van der Waals surface area (Å²) in [5, 5.41) is 53.6. The van der Waals surface area contributed by atoms with E-state index in [-0.39, 0.29) is 5.96 Å². The maximum atomic E-state index is 11.9. The first kappa shape index (κ1) is 15.4. The molecule has 1 saturated heterocycles. The number of aliphatic hydroxyl groups excluding tert-OH is 4. The molecule has 1 aliphatic carbocycles. The van der Waals surface area contributed by atoms with Gasteiger partial charge in [-0.05, 0) is 0 Å². The summed E-state index contributed by atoms with van der Waals surface area (Å²) in [6.07, 6.45) is -8.24. The van der Waals surface area contributed by atoms with Gasteiger partial charge in [0.15, 0.2) is 23.8 Å². The van der Waals surface area contributed by atoms with E-state index in [0.29, 0.717) is 0 Å². The van der Waals surface area contributed by atoms with Gasteiger partial charge in [0.05, 0.1) is 18.6 Å². The molecule has 11 nitrogen and oxygen atoms in total. The number of nitrogens with two attached hydrogens (primary N) is 2. The Labute approximate surface area is 124 Å². The predicted molar refractivity (Wildman–Crippen MR) is 68.9 cm³/mol. The Hall–Kier alpha value is -1.50. The molecule has 1 saturated carbocycles. The molecule has 2 bridgehead atoms. The molecule has 8 atom stereocenters. The number of nitrogens with one attached hydrogen (secondary N) is 1. The van der Waals surface area contributed by atoms with Crippen molar-refractivity contribution in [3.05, 3.63) is 0 Å². The summed E-state index contributed by atoms with van der Waals surface area (Å²) in [5.74, 6) is -2.68. The van der Waals surface area contributed by atoms with Crippen LogP contribution in [0.2, 0.25) is 0 Å². The maximum Gasteiger partial charge on any atom is 0.338 e. The molecule has 2 aliphatic heterocycles. The normalized spacial score (nSPS) is 53.9. The highest BCUT2D eigenvalue weighted by molar-refractivity contribution is 5.85. The van der Waals surface area contributed by atoms with Gasteiger partial charge in [0.2, 0.25) is 0 Å². The van der Waals surface area contributed by atoms with Crippen LogP contribution in [0.15, 0.2) is 4.99 Å². The summed E-state index contributed by atoms with van der Waals surface area (Å²) >= 11 is 0. The molecule has 1 spiro atoms. The van der Waals surface area contributed by atoms with Crippen molar-refractivity contribution in [3.8, 4) is 0 Å². The number of hydrogen-bond acceptors (Lipinski definition) is 11. The van der Waals surface area contributed by atoms with Crippen molar-refractivity contribution < 1.29 is 35.1 Å². The number of rotatable bonds is 1. The lowest BCUT2D eigenvalue weighted by atomic mass is 9.57. The van der Waals surface area contributed by atoms with Gasteiger partial charge in [0.25, 0.3) is 0 Å². The van der Waals surface area contributed by atoms with Crippen LogP contribution >= 0.6 is 0 Å². The minimum atomic E-state index is -2.36. The molecule has 3 rings (SSSR count). The van der Waals surface area contributed by atoms with E-state index < -0.39 is 60.2 Å². The lowest BCUT2D eigenvalue weighted by molar-refractivity contribution is -0.302. The number of nitrogens with zero attached hydrogens (tertiary/aromatic N) is 1. The average molecular weight is 318 g/mol. The van der Waals surface area contributed by atoms with Gasteiger partial charge < -0.3 is 47.1 Å². The van der Waals surface area contributed by atoms with Crippen LogP contribution in [0.5, 0.6) is 0 Å². The Morgan fingerprint density at radius 1 is 1.32 bits per heavy atom. The maximum absolute atomic E-state index is 11.9. The molecule has 3 aliphatic rings. The molecular weight excluding hydrogens is 300 g/mol. The van der Waals surface area contributed by atoms with Crippen LogP contribution in [0.25, 0.3) is 0 Å². The second kappa shape index (κ2) is 4.50. The Bertz CT molecular complexity index is 545. The predicted octanol–water partition coefficient (Wildman–Crippen LogP) is -5.71. The number of aliphatic hydroxyl groups is 5. The SMILES string of the molecule is NC1=N[C@H](N)[C@H]2[C@H](O)[C@](O)(CO)[C@@H]3OC(=O)[C@@H](O)C2(N1)[C@H]3O. The molecular formula is C11H18N4O7. The zero-order chi connectivity index (χ0) is 16.4. The molecule has 22 heavy (non-hydrogen) atoms. The number of guanidine groups is 1. The van der Waals surface area contributed by atoms with E-state index in [9.17, 15) is 30.3 Å². The van der Waals surface area contributed by atoms with Crippen LogP contribution in [-0.4, -0.2) is 85.8 Å². The van der Waals surface area contributed by atoms with Gasteiger partial charge in [-0.2, -0.15) is 0 Å². The van der Waals surface area contributed by atoms with Crippen LogP contribution in [0.3, 0.4) is 0 Å². The average Bonchev–Trinajstić information content (AvgIpc) is 2.46. The van der Waals surface area contributed by atoms with Crippen molar-refractivity contribution in [1.29, 1.82) is 0 Å². The van der Waals surface area contributed by atoms with Gasteiger partial charge in [-0.25, -0.2) is 9.79 Å². The molecule has 1 unspecified atom stereocenters. The highest BCUT2D eigenvalue weighted by atomic mass is 16.6. The summed E-state index contributed by atoms with van der Waals surface area (Å²) in [5.41, 5.74) is 7.14. The molecule has 10 N–H and O–H groups in total. The van der Waals surface area contributed by atoms with Crippen molar-refractivity contribution in [2.45, 2.75) is 41.7 Å². The second-order valence-electron chi connectivity index (χ2n) is 5.89. The fourth-order valence-corrected chi connectivity index (χ4v) is 3.73. The van der Waals surface area contributed by atoms with E-state index in [2.05, 4.69) is 10.3 Å². The van der Waals surface area contributed by atoms with Gasteiger partial charge >= 0.3 is 5.97 Å². The molecule has 0 aromatic rings. The number of esters is 1. The topological polar surface area (TPSA) is 204 Å². The Morgan fingerprint density at radius 2 is 1.95 bits per heavy atom. The smallest absolute Gasteiger partial charge is 0.338 e. The molecule has 0 aromatic heterocycles. The van der Waals surface area contributed by atoms with Crippen molar-refractivity contribution in [1.82, 2.24) is 5.32 Å². The van der Waals surface area contributed by atoms with Crippen LogP contribution in [-0.2, 0) is 9.53 Å². The Morgan fingerprint density at radius 3 is 2.55 bits per heavy atom. The van der Waals surface area contributed by atoms with Crippen molar-refractivity contribution in [3.63, 3.8) is 0 Å². The minimum absolute atomic E-state index is 0.239. The zero-order valence-electron chi connectivity index (χ0n) is 11.3. The van der Waals surface area contributed by atoms with Gasteiger partial charge in [0, 0.05) is 0 Å². The van der Waals surface area contributed by atoms with Crippen molar-refractivity contribution >= 4 is 11.9 Å². The van der Waals surface area contributed by atoms with Crippen LogP contribution < -0.4 is 16.8 Å². The molecule has 0 aromatic carbocycles. The number of fused-ring (bicyclic) bond motifs is 1. The third-order valence-electron chi connectivity index (χ3n) is 4.85. The molecule has 2 fully saturated rings. The minimum Gasteiger partial charge on any atom is -0.454 e. The first-order valence-electron chi connectivity index (χ1n) is 6.65. The fourth-order valence-electron chi connectivity index (χ4n) is 3.73. The first-order chi connectivity index (χ1) is 10.2. The van der Waals surface area contributed by atoms with Gasteiger partial charge in [0.1, 0.15) is 17.8 Å². The number of hydrogen-bond donors (Lipinski definition) is 8. The molecule has 124 valence electrons. The fraction of sp³-hybridized carbons (Fsp3) is 0.818. The first-order valence-corrected chi connectivity index (χ1v) is 6.65. The quantitative estimate of drug-likeness (QED) is 0.215. The molecule has 0 amide bonds. The highest BCUT2D eigenvalue weighted by Gasteiger charge is 2.74. The molecule has 2 heterocycles.